The zero-order valence-corrected chi connectivity index (χ0v) is 11.3. The molecule has 0 radical (unpaired) electrons. The Morgan fingerprint density at radius 3 is 2.45 bits per heavy atom. The Morgan fingerprint density at radius 2 is 2.00 bits per heavy atom. The Labute approximate surface area is 114 Å². The van der Waals surface area contributed by atoms with Crippen molar-refractivity contribution in [3.63, 3.8) is 0 Å². The molecule has 5 nitrogen and oxygen atoms in total. The number of nitrogens with two attached hydrogens (primary N) is 1. The highest BCUT2D eigenvalue weighted by molar-refractivity contribution is 7.89. The van der Waals surface area contributed by atoms with Crippen molar-refractivity contribution in [2.24, 2.45) is 5.73 Å². The van der Waals surface area contributed by atoms with E-state index in [-0.39, 0.29) is 6.42 Å². The third-order valence-electron chi connectivity index (χ3n) is 2.52. The zero-order chi connectivity index (χ0) is 15.6. The van der Waals surface area contributed by atoms with Crippen LogP contribution in [0.4, 0.5) is 13.2 Å². The van der Waals surface area contributed by atoms with E-state index in [1.54, 1.807) is 0 Å². The van der Waals surface area contributed by atoms with Crippen LogP contribution in [0, 0.1) is 0 Å². The van der Waals surface area contributed by atoms with Crippen molar-refractivity contribution in [1.82, 2.24) is 4.72 Å². The molecule has 1 aromatic carbocycles. The number of halogens is 3. The van der Waals surface area contributed by atoms with Gasteiger partial charge in [-0.25, -0.2) is 8.42 Å². The molecule has 0 aliphatic carbocycles. The van der Waals surface area contributed by atoms with E-state index in [1.165, 1.54) is 6.92 Å². The summed E-state index contributed by atoms with van der Waals surface area (Å²) < 4.78 is 63.3. The van der Waals surface area contributed by atoms with Gasteiger partial charge in [0.2, 0.25) is 15.9 Å². The standard InChI is InChI=1S/C11H13F3N2O3S/c1-2-9(10(15)17)16-20(18,19)8-5-3-4-7(6-8)11(12,13)14/h3-6,9,16H,2H2,1H3,(H2,15,17). The fourth-order valence-electron chi connectivity index (χ4n) is 1.44. The molecule has 0 saturated carbocycles. The van der Waals surface area contributed by atoms with Gasteiger partial charge in [0.05, 0.1) is 10.5 Å². The van der Waals surface area contributed by atoms with E-state index in [0.717, 1.165) is 18.2 Å². The van der Waals surface area contributed by atoms with E-state index in [0.29, 0.717) is 6.07 Å². The minimum absolute atomic E-state index is 0.0908. The smallest absolute Gasteiger partial charge is 0.368 e. The summed E-state index contributed by atoms with van der Waals surface area (Å²) in [5.41, 5.74) is 3.90. The SMILES string of the molecule is CCC(NS(=O)(=O)c1cccc(C(F)(F)F)c1)C(N)=O. The Kier molecular flexibility index (Phi) is 4.77. The summed E-state index contributed by atoms with van der Waals surface area (Å²) in [6.45, 7) is 1.52. The van der Waals surface area contributed by atoms with Crippen molar-refractivity contribution in [3.8, 4) is 0 Å². The number of amides is 1. The molecule has 1 atom stereocenters. The number of nitrogens with one attached hydrogen (secondary N) is 1. The Balaban J connectivity index is 3.13. The predicted molar refractivity (Wildman–Crippen MR) is 65.0 cm³/mol. The molecule has 0 heterocycles. The van der Waals surface area contributed by atoms with Gasteiger partial charge in [-0.2, -0.15) is 17.9 Å². The monoisotopic (exact) mass is 310 g/mol. The van der Waals surface area contributed by atoms with Crippen LogP contribution in [-0.2, 0) is 21.0 Å². The molecular weight excluding hydrogens is 297 g/mol. The molecule has 0 saturated heterocycles. The lowest BCUT2D eigenvalue weighted by Gasteiger charge is -2.14. The number of primary amides is 1. The number of hydrogen-bond acceptors (Lipinski definition) is 3. The summed E-state index contributed by atoms with van der Waals surface area (Å²) in [4.78, 5) is 10.4. The van der Waals surface area contributed by atoms with E-state index in [9.17, 15) is 26.4 Å². The van der Waals surface area contributed by atoms with Gasteiger partial charge in [0, 0.05) is 0 Å². The summed E-state index contributed by atoms with van der Waals surface area (Å²) in [5.74, 6) is -0.900. The van der Waals surface area contributed by atoms with Crippen molar-refractivity contribution in [2.45, 2.75) is 30.5 Å². The second kappa shape index (κ2) is 5.80. The molecule has 0 bridgehead atoms. The second-order valence-corrected chi connectivity index (χ2v) is 5.72. The van der Waals surface area contributed by atoms with Gasteiger partial charge in [-0.1, -0.05) is 13.0 Å². The van der Waals surface area contributed by atoms with Crippen molar-refractivity contribution < 1.29 is 26.4 Å². The van der Waals surface area contributed by atoms with Crippen molar-refractivity contribution in [1.29, 1.82) is 0 Å². The summed E-state index contributed by atoms with van der Waals surface area (Å²) in [7, 11) is -4.25. The quantitative estimate of drug-likeness (QED) is 0.857. The molecule has 0 aliphatic heterocycles. The molecule has 1 unspecified atom stereocenters. The fraction of sp³-hybridized carbons (Fsp3) is 0.364. The Bertz CT molecular complexity index is 599. The molecule has 0 fully saturated rings. The third-order valence-corrected chi connectivity index (χ3v) is 3.99. The van der Waals surface area contributed by atoms with Gasteiger partial charge in [-0.3, -0.25) is 4.79 Å². The molecule has 20 heavy (non-hydrogen) atoms. The van der Waals surface area contributed by atoms with Crippen LogP contribution in [0.25, 0.3) is 0 Å². The maximum absolute atomic E-state index is 12.5. The van der Waals surface area contributed by atoms with Crippen LogP contribution in [0.2, 0.25) is 0 Å². The number of carbonyl (C=O) groups is 1. The lowest BCUT2D eigenvalue weighted by molar-refractivity contribution is -0.137. The minimum atomic E-state index is -4.65. The molecular formula is C11H13F3N2O3S. The molecule has 112 valence electrons. The Hall–Kier alpha value is -1.61. The average Bonchev–Trinajstić information content (AvgIpc) is 2.35. The highest BCUT2D eigenvalue weighted by Gasteiger charge is 2.32. The number of benzene rings is 1. The van der Waals surface area contributed by atoms with Crippen molar-refractivity contribution >= 4 is 15.9 Å². The van der Waals surface area contributed by atoms with Crippen LogP contribution in [0.5, 0.6) is 0 Å². The van der Waals surface area contributed by atoms with E-state index in [4.69, 9.17) is 5.73 Å². The second-order valence-electron chi connectivity index (χ2n) is 4.01. The van der Waals surface area contributed by atoms with Gasteiger partial charge >= 0.3 is 6.18 Å². The number of rotatable bonds is 5. The first-order chi connectivity index (χ1) is 9.08. The lowest BCUT2D eigenvalue weighted by atomic mass is 10.2. The van der Waals surface area contributed by atoms with Gasteiger partial charge in [0.1, 0.15) is 6.04 Å². The largest absolute Gasteiger partial charge is 0.416 e. The first-order valence-electron chi connectivity index (χ1n) is 5.57. The molecule has 1 amide bonds. The number of sulfonamides is 1. The number of carbonyl (C=O) groups excluding carboxylic acids is 1. The van der Waals surface area contributed by atoms with Crippen molar-refractivity contribution in [3.05, 3.63) is 29.8 Å². The Morgan fingerprint density at radius 1 is 1.40 bits per heavy atom. The molecule has 0 spiro atoms. The predicted octanol–water partition coefficient (Wildman–Crippen LogP) is 1.25. The average molecular weight is 310 g/mol. The normalized spacial score (nSPS) is 14.0. The maximum atomic E-state index is 12.5. The van der Waals surface area contributed by atoms with Gasteiger partial charge < -0.3 is 5.73 Å². The summed E-state index contributed by atoms with van der Waals surface area (Å²) in [6, 6.07) is 2.06. The summed E-state index contributed by atoms with van der Waals surface area (Å²) >= 11 is 0. The first kappa shape index (κ1) is 16.4. The number of hydrogen-bond donors (Lipinski definition) is 2. The molecule has 3 N–H and O–H groups in total. The first-order valence-corrected chi connectivity index (χ1v) is 7.05. The highest BCUT2D eigenvalue weighted by atomic mass is 32.2. The molecule has 1 aromatic rings. The minimum Gasteiger partial charge on any atom is -0.368 e. The topological polar surface area (TPSA) is 89.3 Å². The lowest BCUT2D eigenvalue weighted by Crippen LogP contribution is -2.43. The molecule has 0 aliphatic rings. The maximum Gasteiger partial charge on any atom is 0.416 e. The summed E-state index contributed by atoms with van der Waals surface area (Å²) in [5, 5.41) is 0. The van der Waals surface area contributed by atoms with Crippen LogP contribution in [0.1, 0.15) is 18.9 Å². The third kappa shape index (κ3) is 3.94. The van der Waals surface area contributed by atoms with Crippen molar-refractivity contribution in [2.75, 3.05) is 0 Å². The van der Waals surface area contributed by atoms with Gasteiger partial charge in [0.15, 0.2) is 0 Å². The highest BCUT2D eigenvalue weighted by Crippen LogP contribution is 2.30. The van der Waals surface area contributed by atoms with Crippen LogP contribution < -0.4 is 10.5 Å². The zero-order valence-electron chi connectivity index (χ0n) is 10.4. The van der Waals surface area contributed by atoms with Crippen LogP contribution in [0.3, 0.4) is 0 Å². The summed E-state index contributed by atoms with van der Waals surface area (Å²) in [6.07, 6.45) is -4.56. The van der Waals surface area contributed by atoms with Crippen LogP contribution >= 0.6 is 0 Å². The molecule has 9 heteroatoms. The molecule has 1 rings (SSSR count). The van der Waals surface area contributed by atoms with E-state index >= 15 is 0 Å². The molecule has 0 aromatic heterocycles. The van der Waals surface area contributed by atoms with Crippen LogP contribution in [0.15, 0.2) is 29.2 Å². The van der Waals surface area contributed by atoms with Gasteiger partial charge in [-0.05, 0) is 24.6 Å². The van der Waals surface area contributed by atoms with Gasteiger partial charge in [0.25, 0.3) is 0 Å². The van der Waals surface area contributed by atoms with Gasteiger partial charge in [-0.15, -0.1) is 0 Å². The fourth-order valence-corrected chi connectivity index (χ4v) is 2.77. The number of alkyl halides is 3. The van der Waals surface area contributed by atoms with E-state index in [2.05, 4.69) is 0 Å². The van der Waals surface area contributed by atoms with E-state index < -0.39 is 38.6 Å². The van der Waals surface area contributed by atoms with Crippen LogP contribution in [-0.4, -0.2) is 20.4 Å². The van der Waals surface area contributed by atoms with E-state index in [1.807, 2.05) is 4.72 Å².